The molecule has 0 heterocycles. The van der Waals surface area contributed by atoms with Gasteiger partial charge < -0.3 is 10.4 Å². The van der Waals surface area contributed by atoms with Crippen LogP contribution in [0.5, 0.6) is 0 Å². The van der Waals surface area contributed by atoms with Crippen molar-refractivity contribution in [3.05, 3.63) is 0 Å². The molecular formula is C16H28N2O2. The van der Waals surface area contributed by atoms with Crippen molar-refractivity contribution in [2.45, 2.75) is 71.3 Å². The summed E-state index contributed by atoms with van der Waals surface area (Å²) in [5.74, 6) is 0.325. The van der Waals surface area contributed by atoms with Crippen molar-refractivity contribution < 1.29 is 9.90 Å². The van der Waals surface area contributed by atoms with Gasteiger partial charge in [0.25, 0.3) is 0 Å². The van der Waals surface area contributed by atoms with Crippen LogP contribution in [0.2, 0.25) is 0 Å². The Hall–Kier alpha value is -1.08. The molecule has 1 amide bonds. The van der Waals surface area contributed by atoms with Crippen LogP contribution in [-0.4, -0.2) is 23.2 Å². The van der Waals surface area contributed by atoms with E-state index in [4.69, 9.17) is 0 Å². The van der Waals surface area contributed by atoms with Crippen molar-refractivity contribution in [2.75, 3.05) is 6.54 Å². The largest absolute Gasteiger partial charge is 0.388 e. The molecule has 0 radical (unpaired) electrons. The van der Waals surface area contributed by atoms with E-state index in [9.17, 15) is 15.2 Å². The summed E-state index contributed by atoms with van der Waals surface area (Å²) >= 11 is 0. The van der Waals surface area contributed by atoms with Crippen LogP contribution in [0.15, 0.2) is 0 Å². The van der Waals surface area contributed by atoms with E-state index in [1.54, 1.807) is 6.92 Å². The smallest absolute Gasteiger partial charge is 0.240 e. The molecule has 1 unspecified atom stereocenters. The topological polar surface area (TPSA) is 73.1 Å². The molecule has 1 rings (SSSR count). The molecule has 4 heteroatoms. The predicted molar refractivity (Wildman–Crippen MR) is 78.8 cm³/mol. The molecule has 1 atom stereocenters. The Balaban J connectivity index is 2.51. The molecule has 4 nitrogen and oxygen atoms in total. The van der Waals surface area contributed by atoms with Crippen molar-refractivity contribution in [3.63, 3.8) is 0 Å². The predicted octanol–water partition coefficient (Wildman–Crippen LogP) is 2.76. The number of nitrogens with zero attached hydrogens (tertiary/aromatic N) is 1. The number of nitriles is 1. The van der Waals surface area contributed by atoms with Crippen LogP contribution in [0.25, 0.3) is 0 Å². The van der Waals surface area contributed by atoms with Gasteiger partial charge in [-0.1, -0.05) is 33.1 Å². The second-order valence-corrected chi connectivity index (χ2v) is 6.87. The second kappa shape index (κ2) is 7.08. The first-order valence-corrected chi connectivity index (χ1v) is 7.73. The minimum Gasteiger partial charge on any atom is -0.388 e. The molecule has 0 aromatic rings. The molecule has 1 aliphatic rings. The Bertz CT molecular complexity index is 363. The van der Waals surface area contributed by atoms with Gasteiger partial charge in [0, 0.05) is 6.54 Å². The van der Waals surface area contributed by atoms with Gasteiger partial charge in [-0.15, -0.1) is 0 Å². The highest BCUT2D eigenvalue weighted by Crippen LogP contribution is 2.35. The SMILES string of the molecule is CC(C)CCC(C)(O)CNC(=O)C1(C#N)CCCCC1. The standard InChI is InChI=1S/C16H28N2O2/c1-13(2)7-10-15(3,20)12-18-14(19)16(11-17)8-5-4-6-9-16/h13,20H,4-10,12H2,1-3H3,(H,18,19). The van der Waals surface area contributed by atoms with Gasteiger partial charge in [-0.25, -0.2) is 0 Å². The lowest BCUT2D eigenvalue weighted by Gasteiger charge is -2.31. The molecule has 0 aromatic heterocycles. The number of amides is 1. The fourth-order valence-electron chi connectivity index (χ4n) is 2.67. The van der Waals surface area contributed by atoms with E-state index in [0.717, 1.165) is 25.7 Å². The average Bonchev–Trinajstić information content (AvgIpc) is 2.43. The first-order chi connectivity index (χ1) is 9.31. The quantitative estimate of drug-likeness (QED) is 0.785. The highest BCUT2D eigenvalue weighted by Gasteiger charge is 2.40. The van der Waals surface area contributed by atoms with Gasteiger partial charge in [-0.2, -0.15) is 5.26 Å². The average molecular weight is 280 g/mol. The second-order valence-electron chi connectivity index (χ2n) is 6.87. The lowest BCUT2D eigenvalue weighted by atomic mass is 9.74. The Morgan fingerprint density at radius 3 is 2.50 bits per heavy atom. The molecule has 1 aliphatic carbocycles. The Morgan fingerprint density at radius 2 is 2.00 bits per heavy atom. The van der Waals surface area contributed by atoms with E-state index in [-0.39, 0.29) is 12.5 Å². The van der Waals surface area contributed by atoms with Crippen LogP contribution in [0.4, 0.5) is 0 Å². The van der Waals surface area contributed by atoms with Crippen molar-refractivity contribution in [1.82, 2.24) is 5.32 Å². The molecular weight excluding hydrogens is 252 g/mol. The van der Waals surface area contributed by atoms with Gasteiger partial charge >= 0.3 is 0 Å². The maximum absolute atomic E-state index is 12.3. The van der Waals surface area contributed by atoms with Crippen molar-refractivity contribution in [2.24, 2.45) is 11.3 Å². The maximum atomic E-state index is 12.3. The number of hydrogen-bond donors (Lipinski definition) is 2. The summed E-state index contributed by atoms with van der Waals surface area (Å²) in [4.78, 5) is 12.3. The Morgan fingerprint density at radius 1 is 1.40 bits per heavy atom. The van der Waals surface area contributed by atoms with E-state index in [0.29, 0.717) is 25.2 Å². The van der Waals surface area contributed by atoms with E-state index < -0.39 is 11.0 Å². The summed E-state index contributed by atoms with van der Waals surface area (Å²) in [5.41, 5.74) is -1.77. The van der Waals surface area contributed by atoms with Gasteiger partial charge in [-0.3, -0.25) is 4.79 Å². The molecule has 0 bridgehead atoms. The molecule has 2 N–H and O–H groups in total. The first-order valence-electron chi connectivity index (χ1n) is 7.73. The van der Waals surface area contributed by atoms with E-state index in [1.807, 2.05) is 0 Å². The first kappa shape index (κ1) is 17.0. The fraction of sp³-hybridized carbons (Fsp3) is 0.875. The number of nitrogens with one attached hydrogen (secondary N) is 1. The molecule has 1 fully saturated rings. The zero-order chi connectivity index (χ0) is 15.2. The monoisotopic (exact) mass is 280 g/mol. The zero-order valence-corrected chi connectivity index (χ0v) is 13.0. The molecule has 0 aromatic carbocycles. The van der Waals surface area contributed by atoms with Gasteiger partial charge in [0.1, 0.15) is 5.41 Å². The molecule has 114 valence electrons. The fourth-order valence-corrected chi connectivity index (χ4v) is 2.67. The molecule has 0 spiro atoms. The van der Waals surface area contributed by atoms with Crippen LogP contribution in [0, 0.1) is 22.7 Å². The van der Waals surface area contributed by atoms with E-state index in [2.05, 4.69) is 25.2 Å². The lowest BCUT2D eigenvalue weighted by Crippen LogP contribution is -2.47. The maximum Gasteiger partial charge on any atom is 0.240 e. The van der Waals surface area contributed by atoms with Crippen LogP contribution in [0.1, 0.15) is 65.7 Å². The van der Waals surface area contributed by atoms with Gasteiger partial charge in [0.15, 0.2) is 0 Å². The van der Waals surface area contributed by atoms with Crippen LogP contribution in [-0.2, 0) is 4.79 Å². The number of hydrogen-bond acceptors (Lipinski definition) is 3. The highest BCUT2D eigenvalue weighted by molar-refractivity contribution is 5.85. The van der Waals surface area contributed by atoms with E-state index >= 15 is 0 Å². The highest BCUT2D eigenvalue weighted by atomic mass is 16.3. The molecule has 20 heavy (non-hydrogen) atoms. The van der Waals surface area contributed by atoms with E-state index in [1.165, 1.54) is 0 Å². The van der Waals surface area contributed by atoms with Crippen molar-refractivity contribution >= 4 is 5.91 Å². The zero-order valence-electron chi connectivity index (χ0n) is 13.0. The Labute approximate surface area is 122 Å². The molecule has 1 saturated carbocycles. The summed E-state index contributed by atoms with van der Waals surface area (Å²) < 4.78 is 0. The summed E-state index contributed by atoms with van der Waals surface area (Å²) in [7, 11) is 0. The Kier molecular flexibility index (Phi) is 6.01. The minimum absolute atomic E-state index is 0.204. The van der Waals surface area contributed by atoms with Gasteiger partial charge in [0.2, 0.25) is 5.91 Å². The van der Waals surface area contributed by atoms with Crippen LogP contribution >= 0.6 is 0 Å². The lowest BCUT2D eigenvalue weighted by molar-refractivity contribution is -0.130. The minimum atomic E-state index is -0.898. The van der Waals surface area contributed by atoms with Gasteiger partial charge in [0.05, 0.1) is 11.7 Å². The summed E-state index contributed by atoms with van der Waals surface area (Å²) in [6.07, 6.45) is 5.84. The number of aliphatic hydroxyl groups is 1. The number of rotatable bonds is 6. The molecule has 0 aliphatic heterocycles. The molecule has 0 saturated heterocycles. The van der Waals surface area contributed by atoms with Crippen molar-refractivity contribution in [1.29, 1.82) is 5.26 Å². The number of carbonyl (C=O) groups excluding carboxylic acids is 1. The van der Waals surface area contributed by atoms with Gasteiger partial charge in [-0.05, 0) is 38.5 Å². The number of carbonyl (C=O) groups is 1. The third-order valence-corrected chi connectivity index (χ3v) is 4.25. The summed E-state index contributed by atoms with van der Waals surface area (Å²) in [6.45, 7) is 6.19. The summed E-state index contributed by atoms with van der Waals surface area (Å²) in [5, 5.41) is 22.4. The van der Waals surface area contributed by atoms with Crippen LogP contribution in [0.3, 0.4) is 0 Å². The third-order valence-electron chi connectivity index (χ3n) is 4.25. The normalized spacial score (nSPS) is 21.0. The van der Waals surface area contributed by atoms with Crippen LogP contribution < -0.4 is 5.32 Å². The van der Waals surface area contributed by atoms with Crippen molar-refractivity contribution in [3.8, 4) is 6.07 Å². The third kappa shape index (κ3) is 4.79. The summed E-state index contributed by atoms with van der Waals surface area (Å²) in [6, 6.07) is 2.21.